The third-order valence-corrected chi connectivity index (χ3v) is 6.30. The monoisotopic (exact) mass is 404 g/mol. The summed E-state index contributed by atoms with van der Waals surface area (Å²) in [5.41, 5.74) is 4.04. The lowest BCUT2D eigenvalue weighted by Crippen LogP contribution is -2.20. The van der Waals surface area contributed by atoms with Crippen LogP contribution >= 0.6 is 0 Å². The first-order valence-electron chi connectivity index (χ1n) is 9.30. The van der Waals surface area contributed by atoms with Gasteiger partial charge in [-0.05, 0) is 66.6 Å². The molecule has 1 unspecified atom stereocenters. The van der Waals surface area contributed by atoms with Crippen LogP contribution in [0.15, 0.2) is 96.5 Å². The number of para-hydroxylation sites is 1. The number of halogens is 1. The zero-order valence-corrected chi connectivity index (χ0v) is 16.9. The van der Waals surface area contributed by atoms with E-state index in [0.717, 1.165) is 17.6 Å². The number of hydrogen-bond donors (Lipinski definition) is 0. The fraction of sp³-hybridized carbons (Fsp3) is 0.0833. The topological polar surface area (TPSA) is 25.2 Å². The number of rotatable bonds is 6. The molecule has 0 N–H and O–H groups in total. The molecule has 1 aromatic heterocycles. The molecule has 0 aliphatic carbocycles. The summed E-state index contributed by atoms with van der Waals surface area (Å²) in [7, 11) is 0.347. The van der Waals surface area contributed by atoms with Crippen molar-refractivity contribution in [2.24, 2.45) is 0 Å². The van der Waals surface area contributed by atoms with Crippen LogP contribution in [0.4, 0.5) is 10.1 Å². The van der Waals surface area contributed by atoms with Gasteiger partial charge >= 0.3 is 0 Å². The minimum absolute atomic E-state index is 0.313. The third-order valence-electron chi connectivity index (χ3n) is 4.91. The van der Waals surface area contributed by atoms with Gasteiger partial charge in [0.25, 0.3) is 0 Å². The van der Waals surface area contributed by atoms with Crippen LogP contribution in [0.5, 0.6) is 0 Å². The van der Waals surface area contributed by atoms with E-state index in [0.29, 0.717) is 10.6 Å². The van der Waals surface area contributed by atoms with E-state index in [1.165, 1.54) is 23.1 Å². The van der Waals surface area contributed by atoms with E-state index >= 15 is 0 Å². The van der Waals surface area contributed by atoms with Crippen LogP contribution in [0.25, 0.3) is 16.6 Å². The molecule has 0 bridgehead atoms. The molecule has 1 heterocycles. The minimum atomic E-state index is -1.39. The lowest BCUT2D eigenvalue weighted by Gasteiger charge is -2.18. The Labute approximate surface area is 172 Å². The quantitative estimate of drug-likeness (QED) is 0.381. The Kier molecular flexibility index (Phi) is 5.32. The van der Waals surface area contributed by atoms with Crippen LogP contribution in [0.3, 0.4) is 0 Å². The maximum atomic E-state index is 13.1. The molecular weight excluding hydrogens is 383 g/mol. The van der Waals surface area contributed by atoms with E-state index in [9.17, 15) is 8.60 Å². The predicted octanol–water partition coefficient (Wildman–Crippen LogP) is 5.66. The van der Waals surface area contributed by atoms with Gasteiger partial charge in [0.1, 0.15) is 5.82 Å². The van der Waals surface area contributed by atoms with Gasteiger partial charge in [-0.3, -0.25) is 4.31 Å². The number of allylic oxidation sites excluding steroid dienone is 1. The van der Waals surface area contributed by atoms with E-state index in [4.69, 9.17) is 0 Å². The van der Waals surface area contributed by atoms with Crippen molar-refractivity contribution in [2.75, 3.05) is 11.4 Å². The van der Waals surface area contributed by atoms with Gasteiger partial charge in [0.15, 0.2) is 11.0 Å². The maximum Gasteiger partial charge on any atom is 0.152 e. The fourth-order valence-corrected chi connectivity index (χ4v) is 4.41. The highest BCUT2D eigenvalue weighted by Gasteiger charge is 2.13. The van der Waals surface area contributed by atoms with Crippen molar-refractivity contribution in [1.82, 2.24) is 4.57 Å². The summed E-state index contributed by atoms with van der Waals surface area (Å²) in [5, 5.41) is 1.20. The molecule has 0 spiro atoms. The molecule has 0 aliphatic rings. The molecule has 3 nitrogen and oxygen atoms in total. The van der Waals surface area contributed by atoms with Crippen molar-refractivity contribution in [3.8, 4) is 5.69 Å². The number of benzene rings is 3. The molecule has 146 valence electrons. The maximum absolute atomic E-state index is 13.1. The first-order chi connectivity index (χ1) is 14.1. The zero-order chi connectivity index (χ0) is 20.4. The number of anilines is 1. The van der Waals surface area contributed by atoms with Gasteiger partial charge in [-0.15, -0.1) is 6.58 Å². The average molecular weight is 405 g/mol. The van der Waals surface area contributed by atoms with E-state index in [1.807, 2.05) is 42.5 Å². The van der Waals surface area contributed by atoms with Crippen molar-refractivity contribution in [1.29, 1.82) is 0 Å². The van der Waals surface area contributed by atoms with Gasteiger partial charge < -0.3 is 4.57 Å². The molecule has 4 aromatic rings. The van der Waals surface area contributed by atoms with Crippen molar-refractivity contribution in [3.05, 3.63) is 103 Å². The first-order valence-corrected chi connectivity index (χ1v) is 10.4. The molecule has 4 rings (SSSR count). The highest BCUT2D eigenvalue weighted by atomic mass is 32.2. The van der Waals surface area contributed by atoms with Gasteiger partial charge in [-0.25, -0.2) is 8.60 Å². The third kappa shape index (κ3) is 3.74. The second-order valence-corrected chi connectivity index (χ2v) is 8.27. The Morgan fingerprint density at radius 3 is 2.41 bits per heavy atom. The Bertz CT molecular complexity index is 1180. The lowest BCUT2D eigenvalue weighted by molar-refractivity contribution is 0.628. The average Bonchev–Trinajstić information content (AvgIpc) is 3.12. The van der Waals surface area contributed by atoms with Crippen LogP contribution in [-0.4, -0.2) is 15.8 Å². The van der Waals surface area contributed by atoms with Crippen molar-refractivity contribution in [3.63, 3.8) is 0 Å². The summed E-state index contributed by atoms with van der Waals surface area (Å²) in [6.45, 7) is 3.85. The van der Waals surface area contributed by atoms with Crippen LogP contribution in [0, 0.1) is 5.82 Å². The van der Waals surface area contributed by atoms with E-state index < -0.39 is 11.0 Å². The summed E-state index contributed by atoms with van der Waals surface area (Å²) in [6, 6.07) is 21.9. The first kappa shape index (κ1) is 19.2. The molecule has 0 fully saturated rings. The lowest BCUT2D eigenvalue weighted by atomic mass is 10.1. The predicted molar refractivity (Wildman–Crippen MR) is 118 cm³/mol. The number of fused-ring (bicyclic) bond motifs is 1. The van der Waals surface area contributed by atoms with Gasteiger partial charge in [-0.2, -0.15) is 0 Å². The molecule has 0 aliphatic heterocycles. The van der Waals surface area contributed by atoms with Crippen molar-refractivity contribution < 1.29 is 8.60 Å². The van der Waals surface area contributed by atoms with Gasteiger partial charge in [0, 0.05) is 30.0 Å². The highest BCUT2D eigenvalue weighted by Crippen LogP contribution is 2.26. The van der Waals surface area contributed by atoms with Crippen molar-refractivity contribution in [2.45, 2.75) is 11.3 Å². The minimum Gasteiger partial charge on any atom is -0.316 e. The van der Waals surface area contributed by atoms with Crippen LogP contribution in [-0.2, 0) is 17.4 Å². The molecular formula is C24H21FN2OS. The molecule has 5 heteroatoms. The molecule has 0 saturated heterocycles. The van der Waals surface area contributed by atoms with Gasteiger partial charge in [0.05, 0.1) is 10.4 Å². The standard InChI is InChI=1S/C24H21FN2OS/c1-3-6-18-17-27(24-8-5-4-7-23(18)24)21-13-15-22(16-14-21)29(28)26(2)20-11-9-19(25)10-12-20/h3-5,7-17H,1,6H2,2H3. The summed E-state index contributed by atoms with van der Waals surface area (Å²) < 4.78 is 29.8. The normalized spacial score (nSPS) is 12.1. The highest BCUT2D eigenvalue weighted by molar-refractivity contribution is 7.86. The van der Waals surface area contributed by atoms with E-state index in [1.54, 1.807) is 23.5 Å². The Balaban J connectivity index is 1.64. The van der Waals surface area contributed by atoms with Crippen LogP contribution in [0.2, 0.25) is 0 Å². The molecule has 3 aromatic carbocycles. The summed E-state index contributed by atoms with van der Waals surface area (Å²) >= 11 is 0. The molecule has 1 atom stereocenters. The van der Waals surface area contributed by atoms with Crippen LogP contribution in [0.1, 0.15) is 5.56 Å². The number of aromatic nitrogens is 1. The van der Waals surface area contributed by atoms with Gasteiger partial charge in [0.2, 0.25) is 0 Å². The Morgan fingerprint density at radius 2 is 1.72 bits per heavy atom. The summed E-state index contributed by atoms with van der Waals surface area (Å²) in [6.07, 6.45) is 4.84. The zero-order valence-electron chi connectivity index (χ0n) is 16.1. The molecule has 0 saturated carbocycles. The smallest absolute Gasteiger partial charge is 0.152 e. The Morgan fingerprint density at radius 1 is 1.03 bits per heavy atom. The van der Waals surface area contributed by atoms with Gasteiger partial charge in [-0.1, -0.05) is 24.3 Å². The summed E-state index contributed by atoms with van der Waals surface area (Å²) in [4.78, 5) is 0.684. The summed E-state index contributed by atoms with van der Waals surface area (Å²) in [5.74, 6) is -0.313. The SMILES string of the molecule is C=CCc1cn(-c2ccc(S(=O)N(C)c3ccc(F)cc3)cc2)c2ccccc12. The van der Waals surface area contributed by atoms with E-state index in [-0.39, 0.29) is 5.82 Å². The van der Waals surface area contributed by atoms with Crippen LogP contribution < -0.4 is 4.31 Å². The van der Waals surface area contributed by atoms with E-state index in [2.05, 4.69) is 29.5 Å². The molecule has 0 amide bonds. The largest absolute Gasteiger partial charge is 0.316 e. The number of nitrogens with zero attached hydrogens (tertiary/aromatic N) is 2. The second kappa shape index (κ2) is 8.05. The van der Waals surface area contributed by atoms with Crippen molar-refractivity contribution >= 4 is 27.6 Å². The molecule has 29 heavy (non-hydrogen) atoms. The Hall–Kier alpha value is -3.18. The fourth-order valence-electron chi connectivity index (χ4n) is 3.41. The second-order valence-electron chi connectivity index (χ2n) is 6.75. The molecule has 0 radical (unpaired) electrons. The number of hydrogen-bond acceptors (Lipinski definition) is 1.